The van der Waals surface area contributed by atoms with Crippen molar-refractivity contribution < 1.29 is 4.79 Å². The molecule has 0 fully saturated rings. The number of thioether (sulfide) groups is 1. The van der Waals surface area contributed by atoms with Gasteiger partial charge in [-0.15, -0.1) is 11.8 Å². The number of nitrogens with zero attached hydrogens (tertiary/aromatic N) is 3. The van der Waals surface area contributed by atoms with Crippen molar-refractivity contribution in [3.8, 4) is 11.4 Å². The van der Waals surface area contributed by atoms with Crippen molar-refractivity contribution in [3.05, 3.63) is 66.2 Å². The number of aromatic amines is 1. The van der Waals surface area contributed by atoms with Crippen LogP contribution in [0.2, 0.25) is 0 Å². The normalized spacial score (nSPS) is 14.4. The van der Waals surface area contributed by atoms with Gasteiger partial charge in [0.05, 0.1) is 22.0 Å². The van der Waals surface area contributed by atoms with Gasteiger partial charge in [0, 0.05) is 29.7 Å². The molecule has 0 saturated carbocycles. The molecule has 0 radical (unpaired) electrons. The molecule has 0 bridgehead atoms. The van der Waals surface area contributed by atoms with Crippen molar-refractivity contribution in [1.29, 1.82) is 0 Å². The van der Waals surface area contributed by atoms with Crippen LogP contribution in [-0.2, 0) is 17.8 Å². The van der Waals surface area contributed by atoms with E-state index in [1.807, 2.05) is 54.7 Å². The molecule has 1 amide bonds. The van der Waals surface area contributed by atoms with Gasteiger partial charge in [-0.1, -0.05) is 12.1 Å². The molecule has 1 unspecified atom stereocenters. The average Bonchev–Trinajstić information content (AvgIpc) is 3.42. The highest BCUT2D eigenvalue weighted by molar-refractivity contribution is 8.00. The number of hydrogen-bond acceptors (Lipinski definition) is 4. The quantitative estimate of drug-likeness (QED) is 0.440. The predicted molar refractivity (Wildman–Crippen MR) is 126 cm³/mol. The number of imidazole rings is 2. The van der Waals surface area contributed by atoms with Crippen molar-refractivity contribution in [2.45, 2.75) is 38.0 Å². The molecule has 2 aromatic heterocycles. The largest absolute Gasteiger partial charge is 0.341 e. The van der Waals surface area contributed by atoms with Gasteiger partial charge in [0.25, 0.3) is 0 Å². The Morgan fingerprint density at radius 1 is 1.19 bits per heavy atom. The van der Waals surface area contributed by atoms with Crippen LogP contribution in [0.3, 0.4) is 0 Å². The van der Waals surface area contributed by atoms with E-state index in [1.165, 1.54) is 18.5 Å². The van der Waals surface area contributed by atoms with Crippen molar-refractivity contribution in [2.75, 3.05) is 11.1 Å². The molecule has 0 aliphatic carbocycles. The van der Waals surface area contributed by atoms with Gasteiger partial charge in [-0.2, -0.15) is 0 Å². The molecule has 1 atom stereocenters. The number of rotatable bonds is 6. The molecule has 7 heteroatoms. The monoisotopic (exact) mass is 431 g/mol. The molecular weight excluding hydrogens is 406 g/mol. The lowest BCUT2D eigenvalue weighted by atomic mass is 10.1. The number of carbonyl (C=O) groups is 1. The highest BCUT2D eigenvalue weighted by Gasteiger charge is 2.16. The maximum absolute atomic E-state index is 12.4. The number of aryl methyl sites for hydroxylation is 1. The molecule has 1 aliphatic heterocycles. The highest BCUT2D eigenvalue weighted by atomic mass is 32.2. The number of para-hydroxylation sites is 2. The Morgan fingerprint density at radius 3 is 2.87 bits per heavy atom. The lowest BCUT2D eigenvalue weighted by Gasteiger charge is -2.16. The summed E-state index contributed by atoms with van der Waals surface area (Å²) < 4.78 is 2.31. The fraction of sp³-hybridized carbons (Fsp3) is 0.292. The average molecular weight is 432 g/mol. The third-order valence-corrected chi connectivity index (χ3v) is 6.84. The lowest BCUT2D eigenvalue weighted by molar-refractivity contribution is -0.113. The van der Waals surface area contributed by atoms with E-state index in [1.54, 1.807) is 11.8 Å². The zero-order chi connectivity index (χ0) is 21.2. The Labute approximate surface area is 185 Å². The molecule has 5 rings (SSSR count). The van der Waals surface area contributed by atoms with Gasteiger partial charge in [0.15, 0.2) is 0 Å². The number of H-pyrrole nitrogens is 1. The third-order valence-electron chi connectivity index (χ3n) is 5.69. The summed E-state index contributed by atoms with van der Waals surface area (Å²) in [5, 5.41) is 3.10. The maximum atomic E-state index is 12.4. The number of benzene rings is 2. The minimum absolute atomic E-state index is 0.0149. The number of anilines is 1. The number of amides is 1. The summed E-state index contributed by atoms with van der Waals surface area (Å²) in [6, 6.07) is 15.9. The zero-order valence-corrected chi connectivity index (χ0v) is 18.3. The molecule has 6 nitrogen and oxygen atoms in total. The summed E-state index contributed by atoms with van der Waals surface area (Å²) in [4.78, 5) is 25.0. The first-order valence-electron chi connectivity index (χ1n) is 10.7. The summed E-state index contributed by atoms with van der Waals surface area (Å²) in [5.41, 5.74) is 5.17. The Balaban J connectivity index is 1.18. The molecular formula is C24H25N5OS. The van der Waals surface area contributed by atoms with Crippen LogP contribution in [0, 0.1) is 0 Å². The predicted octanol–water partition coefficient (Wildman–Crippen LogP) is 5.20. The van der Waals surface area contributed by atoms with E-state index in [-0.39, 0.29) is 11.2 Å². The molecule has 1 aliphatic rings. The standard InChI is InChI=1S/C24H25N5OS/c1-16(23-27-20-7-2-3-8-21(20)28-23)31-15-22(30)26-18-11-9-17(10-12-18)24-25-14-19-6-4-5-13-29(19)24/h2-3,7-12,14,16H,4-6,13,15H2,1H3,(H,26,30)(H,27,28). The smallest absolute Gasteiger partial charge is 0.234 e. The van der Waals surface area contributed by atoms with Crippen LogP contribution in [-0.4, -0.2) is 31.2 Å². The minimum Gasteiger partial charge on any atom is -0.341 e. The topological polar surface area (TPSA) is 75.6 Å². The molecule has 31 heavy (non-hydrogen) atoms. The van der Waals surface area contributed by atoms with E-state index in [4.69, 9.17) is 0 Å². The van der Waals surface area contributed by atoms with Crippen LogP contribution in [0.4, 0.5) is 5.69 Å². The van der Waals surface area contributed by atoms with E-state index in [0.29, 0.717) is 5.75 Å². The van der Waals surface area contributed by atoms with Crippen LogP contribution in [0.25, 0.3) is 22.4 Å². The summed E-state index contributed by atoms with van der Waals surface area (Å²) in [6.07, 6.45) is 5.54. The van der Waals surface area contributed by atoms with Gasteiger partial charge in [0.1, 0.15) is 11.6 Å². The van der Waals surface area contributed by atoms with Crippen LogP contribution < -0.4 is 5.32 Å². The second-order valence-electron chi connectivity index (χ2n) is 7.90. The second kappa shape index (κ2) is 8.59. The number of aromatic nitrogens is 4. The van der Waals surface area contributed by atoms with Gasteiger partial charge in [0.2, 0.25) is 5.91 Å². The first-order chi connectivity index (χ1) is 15.2. The molecule has 0 saturated heterocycles. The molecule has 0 spiro atoms. The van der Waals surface area contributed by atoms with E-state index in [9.17, 15) is 4.79 Å². The lowest BCUT2D eigenvalue weighted by Crippen LogP contribution is -2.15. The number of hydrogen-bond donors (Lipinski definition) is 2. The number of carbonyl (C=O) groups excluding carboxylic acids is 1. The first-order valence-corrected chi connectivity index (χ1v) is 11.7. The molecule has 2 N–H and O–H groups in total. The van der Waals surface area contributed by atoms with Crippen LogP contribution >= 0.6 is 11.8 Å². The number of fused-ring (bicyclic) bond motifs is 2. The van der Waals surface area contributed by atoms with Gasteiger partial charge in [-0.25, -0.2) is 9.97 Å². The summed E-state index contributed by atoms with van der Waals surface area (Å²) in [7, 11) is 0. The Kier molecular flexibility index (Phi) is 5.51. The molecule has 158 valence electrons. The maximum Gasteiger partial charge on any atom is 0.234 e. The minimum atomic E-state index is -0.0149. The summed E-state index contributed by atoms with van der Waals surface area (Å²) in [5.74, 6) is 2.27. The van der Waals surface area contributed by atoms with E-state index in [0.717, 1.165) is 46.9 Å². The zero-order valence-electron chi connectivity index (χ0n) is 17.5. The second-order valence-corrected chi connectivity index (χ2v) is 9.23. The highest BCUT2D eigenvalue weighted by Crippen LogP contribution is 2.28. The Bertz CT molecular complexity index is 1180. The fourth-order valence-corrected chi connectivity index (χ4v) is 4.75. The van der Waals surface area contributed by atoms with Gasteiger partial charge in [-0.3, -0.25) is 4.79 Å². The molecule has 4 aromatic rings. The van der Waals surface area contributed by atoms with Gasteiger partial charge in [-0.05, 0) is 62.6 Å². The van der Waals surface area contributed by atoms with Gasteiger partial charge >= 0.3 is 0 Å². The Morgan fingerprint density at radius 2 is 2.03 bits per heavy atom. The summed E-state index contributed by atoms with van der Waals surface area (Å²) >= 11 is 1.57. The molecule has 2 aromatic carbocycles. The van der Waals surface area contributed by atoms with E-state index in [2.05, 4.69) is 31.8 Å². The van der Waals surface area contributed by atoms with Crippen LogP contribution in [0.15, 0.2) is 54.7 Å². The van der Waals surface area contributed by atoms with E-state index >= 15 is 0 Å². The van der Waals surface area contributed by atoms with Crippen LogP contribution in [0.5, 0.6) is 0 Å². The summed E-state index contributed by atoms with van der Waals surface area (Å²) in [6.45, 7) is 3.10. The van der Waals surface area contributed by atoms with Crippen molar-refractivity contribution >= 4 is 34.4 Å². The van der Waals surface area contributed by atoms with Gasteiger partial charge < -0.3 is 14.9 Å². The SMILES string of the molecule is CC(SCC(=O)Nc1ccc(-c2ncc3n2CCCC3)cc1)c1nc2ccccc2[nH]1. The van der Waals surface area contributed by atoms with Crippen LogP contribution in [0.1, 0.15) is 36.5 Å². The Hall–Kier alpha value is -3.06. The van der Waals surface area contributed by atoms with Crippen molar-refractivity contribution in [3.63, 3.8) is 0 Å². The fourth-order valence-electron chi connectivity index (χ4n) is 4.01. The first kappa shape index (κ1) is 19.9. The van der Waals surface area contributed by atoms with Crippen molar-refractivity contribution in [1.82, 2.24) is 19.5 Å². The molecule has 3 heterocycles. The van der Waals surface area contributed by atoms with Crippen molar-refractivity contribution in [2.24, 2.45) is 0 Å². The number of nitrogens with one attached hydrogen (secondary N) is 2. The third kappa shape index (κ3) is 4.23. The van der Waals surface area contributed by atoms with E-state index < -0.39 is 0 Å².